The molecule has 3 rings (SSSR count). The Bertz CT molecular complexity index is 664. The normalized spacial score (nSPS) is 14.8. The maximum atomic E-state index is 13.0. The van der Waals surface area contributed by atoms with Gasteiger partial charge in [0.25, 0.3) is 6.20 Å². The van der Waals surface area contributed by atoms with Crippen molar-refractivity contribution in [3.63, 3.8) is 0 Å². The molecule has 1 aromatic heterocycles. The van der Waals surface area contributed by atoms with Gasteiger partial charge >= 0.3 is 0 Å². The molecule has 24 heavy (non-hydrogen) atoms. The van der Waals surface area contributed by atoms with Gasteiger partial charge in [0, 0.05) is 38.1 Å². The van der Waals surface area contributed by atoms with E-state index in [2.05, 4.69) is 10.3 Å². The predicted octanol–water partition coefficient (Wildman–Crippen LogP) is 2.53. The molecule has 1 fully saturated rings. The van der Waals surface area contributed by atoms with Crippen LogP contribution in [0.25, 0.3) is 0 Å². The third-order valence-corrected chi connectivity index (χ3v) is 3.12. The van der Waals surface area contributed by atoms with Gasteiger partial charge < -0.3 is 10.2 Å². The number of nitrogens with zero attached hydrogens (tertiary/aromatic N) is 3. The van der Waals surface area contributed by atoms with Crippen molar-refractivity contribution in [2.45, 2.75) is 6.54 Å². The number of hydrogen-bond acceptors (Lipinski definition) is 5. The van der Waals surface area contributed by atoms with Gasteiger partial charge in [-0.3, -0.25) is 15.1 Å². The fourth-order valence-electron chi connectivity index (χ4n) is 2.18. The van der Waals surface area contributed by atoms with Gasteiger partial charge in [-0.1, -0.05) is 6.07 Å². The lowest BCUT2D eigenvalue weighted by atomic mass is 10.2. The molecule has 8 heteroatoms. The van der Waals surface area contributed by atoms with Crippen LogP contribution in [0.3, 0.4) is 0 Å². The Morgan fingerprint density at radius 3 is 2.38 bits per heavy atom. The second kappa shape index (κ2) is 8.56. The molecule has 1 aliphatic heterocycles. The molecule has 0 atom stereocenters. The van der Waals surface area contributed by atoms with Crippen molar-refractivity contribution in [1.82, 2.24) is 15.2 Å². The highest BCUT2D eigenvalue weighted by Crippen LogP contribution is 2.15. The van der Waals surface area contributed by atoms with Crippen LogP contribution in [0.1, 0.15) is 5.56 Å². The van der Waals surface area contributed by atoms with Gasteiger partial charge in [0.2, 0.25) is 0 Å². The number of nitrogens with one attached hydrogen (secondary N) is 1. The number of benzene rings is 1. The molecule has 1 saturated heterocycles. The highest BCUT2D eigenvalue weighted by atomic mass is 19.1. The Labute approximate surface area is 137 Å². The molecule has 1 aliphatic rings. The van der Waals surface area contributed by atoms with E-state index in [0.29, 0.717) is 24.5 Å². The lowest BCUT2D eigenvalue weighted by Gasteiger charge is -2.17. The molecule has 0 radical (unpaired) electrons. The first kappa shape index (κ1) is 17.3. The van der Waals surface area contributed by atoms with Crippen LogP contribution in [0, 0.1) is 21.7 Å². The van der Waals surface area contributed by atoms with Crippen LogP contribution >= 0.6 is 0 Å². The second-order valence-corrected chi connectivity index (χ2v) is 4.95. The molecular formula is C16H16F2N4O2. The van der Waals surface area contributed by atoms with E-state index in [4.69, 9.17) is 0 Å². The van der Waals surface area contributed by atoms with Crippen molar-refractivity contribution >= 4 is 0 Å². The van der Waals surface area contributed by atoms with Crippen LogP contribution in [-0.4, -0.2) is 27.9 Å². The molecule has 2 heterocycles. The number of hydrogen-bond donors (Lipinski definition) is 1. The summed E-state index contributed by atoms with van der Waals surface area (Å²) < 4.78 is 26.0. The van der Waals surface area contributed by atoms with Crippen LogP contribution in [0.4, 0.5) is 8.78 Å². The minimum Gasteiger partial charge on any atom is -0.365 e. The van der Waals surface area contributed by atoms with Gasteiger partial charge in [0.15, 0.2) is 5.82 Å². The molecule has 2 aromatic rings. The van der Waals surface area contributed by atoms with Crippen LogP contribution in [0.15, 0.2) is 60.8 Å². The van der Waals surface area contributed by atoms with Crippen molar-refractivity contribution in [2.24, 2.45) is 0 Å². The summed E-state index contributed by atoms with van der Waals surface area (Å²) in [5.74, 6) is -0.960. The number of pyridine rings is 1. The van der Waals surface area contributed by atoms with Crippen molar-refractivity contribution < 1.29 is 13.7 Å². The lowest BCUT2D eigenvalue weighted by Crippen LogP contribution is -2.20. The monoisotopic (exact) mass is 334 g/mol. The predicted molar refractivity (Wildman–Crippen MR) is 84.1 cm³/mol. The molecule has 0 bridgehead atoms. The maximum Gasteiger partial charge on any atom is 0.274 e. The number of nitro groups is 1. The Kier molecular flexibility index (Phi) is 6.18. The van der Waals surface area contributed by atoms with Crippen LogP contribution in [0.5, 0.6) is 0 Å². The molecule has 0 aliphatic carbocycles. The Hall–Kier alpha value is -3.03. The Morgan fingerprint density at radius 2 is 1.88 bits per heavy atom. The second-order valence-electron chi connectivity index (χ2n) is 4.95. The smallest absolute Gasteiger partial charge is 0.274 e. The van der Waals surface area contributed by atoms with Crippen LogP contribution in [-0.2, 0) is 6.54 Å². The van der Waals surface area contributed by atoms with Gasteiger partial charge in [-0.15, -0.1) is 0 Å². The highest BCUT2D eigenvalue weighted by molar-refractivity contribution is 5.19. The van der Waals surface area contributed by atoms with E-state index >= 15 is 0 Å². The number of aromatic nitrogens is 1. The average Bonchev–Trinajstić information content (AvgIpc) is 2.95. The zero-order valence-electron chi connectivity index (χ0n) is 12.7. The lowest BCUT2D eigenvalue weighted by molar-refractivity contribution is -0.404. The van der Waals surface area contributed by atoms with E-state index < -0.39 is 16.6 Å². The van der Waals surface area contributed by atoms with E-state index in [9.17, 15) is 18.9 Å². The summed E-state index contributed by atoms with van der Waals surface area (Å²) in [6.45, 7) is 1.34. The van der Waals surface area contributed by atoms with Crippen LogP contribution < -0.4 is 5.32 Å². The summed E-state index contributed by atoms with van der Waals surface area (Å²) in [7, 11) is 0. The van der Waals surface area contributed by atoms with Gasteiger partial charge in [0.1, 0.15) is 11.6 Å². The van der Waals surface area contributed by atoms with E-state index in [1.165, 1.54) is 12.1 Å². The number of halogens is 2. The summed E-state index contributed by atoms with van der Waals surface area (Å²) in [5, 5.41) is 13.2. The van der Waals surface area contributed by atoms with E-state index in [-0.39, 0.29) is 6.54 Å². The molecule has 126 valence electrons. The third kappa shape index (κ3) is 5.64. The van der Waals surface area contributed by atoms with Gasteiger partial charge in [-0.25, -0.2) is 8.78 Å². The molecular weight excluding hydrogens is 318 g/mol. The first-order valence-electron chi connectivity index (χ1n) is 7.18. The summed E-state index contributed by atoms with van der Waals surface area (Å²) >= 11 is 0. The largest absolute Gasteiger partial charge is 0.365 e. The quantitative estimate of drug-likeness (QED) is 0.690. The summed E-state index contributed by atoms with van der Waals surface area (Å²) in [6.07, 6.45) is 4.35. The molecule has 0 saturated carbocycles. The summed E-state index contributed by atoms with van der Waals surface area (Å²) in [5.41, 5.74) is 0.436. The minimum atomic E-state index is -0.656. The summed E-state index contributed by atoms with van der Waals surface area (Å²) in [6, 6.07) is 8.93. The fourth-order valence-corrected chi connectivity index (χ4v) is 2.18. The maximum absolute atomic E-state index is 13.0. The topological polar surface area (TPSA) is 71.3 Å². The van der Waals surface area contributed by atoms with E-state index in [1.54, 1.807) is 17.3 Å². The van der Waals surface area contributed by atoms with E-state index in [1.807, 2.05) is 18.2 Å². The van der Waals surface area contributed by atoms with Gasteiger partial charge in [0.05, 0.1) is 4.92 Å². The Morgan fingerprint density at radius 1 is 1.21 bits per heavy atom. The zero-order valence-corrected chi connectivity index (χ0v) is 12.7. The SMILES string of the molecule is O=[N+]([O-])C=C1NCCN1Cc1cc(F)cc(F)c1.c1ccncc1. The molecule has 0 spiro atoms. The molecule has 1 aromatic carbocycles. The summed E-state index contributed by atoms with van der Waals surface area (Å²) in [4.78, 5) is 15.3. The standard InChI is InChI=1S/C11H11F2N3O2.C5H5N/c12-9-3-8(4-10(13)5-9)6-15-2-1-14-11(15)7-16(17)18;1-2-4-6-5-3-1/h3-5,7,14H,1-2,6H2;1-5H. The molecule has 6 nitrogen and oxygen atoms in total. The first-order chi connectivity index (χ1) is 11.5. The van der Waals surface area contributed by atoms with Crippen molar-refractivity contribution in [1.29, 1.82) is 0 Å². The van der Waals surface area contributed by atoms with Crippen LogP contribution in [0.2, 0.25) is 0 Å². The number of rotatable bonds is 3. The minimum absolute atomic E-state index is 0.224. The zero-order chi connectivity index (χ0) is 17.4. The van der Waals surface area contributed by atoms with Crippen molar-refractivity contribution in [2.75, 3.05) is 13.1 Å². The van der Waals surface area contributed by atoms with Crippen molar-refractivity contribution in [3.8, 4) is 0 Å². The molecule has 1 N–H and O–H groups in total. The molecule has 0 amide bonds. The highest BCUT2D eigenvalue weighted by Gasteiger charge is 2.19. The first-order valence-corrected chi connectivity index (χ1v) is 7.18. The molecule has 0 unspecified atom stereocenters. The third-order valence-electron chi connectivity index (χ3n) is 3.12. The fraction of sp³-hybridized carbons (Fsp3) is 0.188. The Balaban J connectivity index is 0.000000292. The van der Waals surface area contributed by atoms with E-state index in [0.717, 1.165) is 12.3 Å². The van der Waals surface area contributed by atoms with Crippen molar-refractivity contribution in [3.05, 3.63) is 88.1 Å². The van der Waals surface area contributed by atoms with Gasteiger partial charge in [-0.2, -0.15) is 0 Å². The average molecular weight is 334 g/mol. The van der Waals surface area contributed by atoms with Gasteiger partial charge in [-0.05, 0) is 29.8 Å².